The Labute approximate surface area is 170 Å². The van der Waals surface area contributed by atoms with E-state index >= 15 is 0 Å². The minimum absolute atomic E-state index is 0.141. The molecule has 0 saturated carbocycles. The molecule has 4 heteroatoms. The summed E-state index contributed by atoms with van der Waals surface area (Å²) in [7, 11) is 3.92. The number of pyridine rings is 1. The van der Waals surface area contributed by atoms with Crippen LogP contribution in [0.15, 0.2) is 78.9 Å². The van der Waals surface area contributed by atoms with E-state index in [4.69, 9.17) is 4.98 Å². The maximum Gasteiger partial charge on any atom is 0.255 e. The van der Waals surface area contributed by atoms with Gasteiger partial charge >= 0.3 is 0 Å². The zero-order valence-electron chi connectivity index (χ0n) is 16.8. The van der Waals surface area contributed by atoms with E-state index in [1.165, 1.54) is 5.56 Å². The van der Waals surface area contributed by atoms with Crippen LogP contribution < -0.4 is 10.2 Å². The summed E-state index contributed by atoms with van der Waals surface area (Å²) in [6.07, 6.45) is 0. The summed E-state index contributed by atoms with van der Waals surface area (Å²) < 4.78 is 0. The summed E-state index contributed by atoms with van der Waals surface area (Å²) in [5, 5.41) is 4.16. The third kappa shape index (κ3) is 3.97. The van der Waals surface area contributed by atoms with Crippen LogP contribution >= 0.6 is 0 Å². The Morgan fingerprint density at radius 1 is 0.897 bits per heavy atom. The number of nitrogens with one attached hydrogen (secondary N) is 1. The Balaban J connectivity index is 1.68. The second-order valence-electron chi connectivity index (χ2n) is 7.34. The zero-order chi connectivity index (χ0) is 20.4. The number of benzene rings is 3. The molecule has 0 fully saturated rings. The summed E-state index contributed by atoms with van der Waals surface area (Å²) in [4.78, 5) is 19.7. The Morgan fingerprint density at radius 2 is 1.72 bits per heavy atom. The first-order valence-electron chi connectivity index (χ1n) is 9.57. The van der Waals surface area contributed by atoms with Gasteiger partial charge in [0.1, 0.15) is 0 Å². The van der Waals surface area contributed by atoms with Gasteiger partial charge in [-0.1, -0.05) is 42.0 Å². The fourth-order valence-electron chi connectivity index (χ4n) is 3.33. The van der Waals surface area contributed by atoms with Crippen LogP contribution in [0.25, 0.3) is 22.2 Å². The van der Waals surface area contributed by atoms with Gasteiger partial charge in [-0.25, -0.2) is 4.98 Å². The molecule has 4 rings (SSSR count). The molecule has 0 unspecified atom stereocenters. The number of anilines is 2. The van der Waals surface area contributed by atoms with Gasteiger partial charge in [0.2, 0.25) is 0 Å². The third-order valence-electron chi connectivity index (χ3n) is 4.92. The van der Waals surface area contributed by atoms with Crippen LogP contribution in [0.2, 0.25) is 0 Å². The van der Waals surface area contributed by atoms with E-state index in [2.05, 4.69) is 30.4 Å². The van der Waals surface area contributed by atoms with Crippen molar-refractivity contribution in [1.82, 2.24) is 4.98 Å². The molecule has 0 atom stereocenters. The highest BCUT2D eigenvalue weighted by Crippen LogP contribution is 2.29. The van der Waals surface area contributed by atoms with Crippen LogP contribution in [-0.4, -0.2) is 25.0 Å². The molecule has 29 heavy (non-hydrogen) atoms. The van der Waals surface area contributed by atoms with Gasteiger partial charge in [-0.15, -0.1) is 0 Å². The summed E-state index contributed by atoms with van der Waals surface area (Å²) in [6.45, 7) is 2.07. The number of para-hydroxylation sites is 1. The van der Waals surface area contributed by atoms with Crippen molar-refractivity contribution >= 4 is 28.2 Å². The number of aryl methyl sites for hydroxylation is 1. The number of carbonyl (C=O) groups excluding carboxylic acids is 1. The van der Waals surface area contributed by atoms with Crippen molar-refractivity contribution in [2.24, 2.45) is 0 Å². The molecular weight excluding hydrogens is 358 g/mol. The lowest BCUT2D eigenvalue weighted by molar-refractivity contribution is 0.102. The van der Waals surface area contributed by atoms with Crippen molar-refractivity contribution in [2.45, 2.75) is 6.92 Å². The Bertz CT molecular complexity index is 1200. The van der Waals surface area contributed by atoms with E-state index in [0.29, 0.717) is 5.56 Å². The lowest BCUT2D eigenvalue weighted by Gasteiger charge is -2.14. The SMILES string of the molecule is Cc1ccc2nc(-c3ccccc3NC(=O)c3cccc(N(C)C)c3)ccc2c1. The molecule has 4 aromatic rings. The summed E-state index contributed by atoms with van der Waals surface area (Å²) in [5.41, 5.74) is 6.22. The van der Waals surface area contributed by atoms with E-state index in [-0.39, 0.29) is 5.91 Å². The monoisotopic (exact) mass is 381 g/mol. The number of aromatic nitrogens is 1. The molecule has 1 amide bonds. The predicted octanol–water partition coefficient (Wildman–Crippen LogP) is 5.53. The first-order valence-corrected chi connectivity index (χ1v) is 9.57. The first kappa shape index (κ1) is 18.7. The van der Waals surface area contributed by atoms with Crippen molar-refractivity contribution in [2.75, 3.05) is 24.3 Å². The standard InChI is InChI=1S/C25H23N3O/c1-17-11-13-22-18(15-17)12-14-24(26-22)21-9-4-5-10-23(21)27-25(29)19-7-6-8-20(16-19)28(2)3/h4-16H,1-3H3,(H,27,29). The van der Waals surface area contributed by atoms with E-state index in [1.807, 2.05) is 79.7 Å². The number of carbonyl (C=O) groups is 1. The van der Waals surface area contributed by atoms with Gasteiger partial charge in [-0.3, -0.25) is 4.79 Å². The summed E-state index contributed by atoms with van der Waals surface area (Å²) in [6, 6.07) is 25.6. The van der Waals surface area contributed by atoms with Crippen LogP contribution in [-0.2, 0) is 0 Å². The first-order chi connectivity index (χ1) is 14.0. The number of fused-ring (bicyclic) bond motifs is 1. The topological polar surface area (TPSA) is 45.2 Å². The number of hydrogen-bond acceptors (Lipinski definition) is 3. The molecule has 4 nitrogen and oxygen atoms in total. The van der Waals surface area contributed by atoms with Gasteiger partial charge in [0.25, 0.3) is 5.91 Å². The van der Waals surface area contributed by atoms with Gasteiger partial charge in [0.15, 0.2) is 0 Å². The van der Waals surface area contributed by atoms with Crippen LogP contribution in [0.5, 0.6) is 0 Å². The molecule has 0 saturated heterocycles. The van der Waals surface area contributed by atoms with Crippen LogP contribution in [0.3, 0.4) is 0 Å². The normalized spacial score (nSPS) is 10.7. The molecular formula is C25H23N3O. The van der Waals surface area contributed by atoms with Crippen molar-refractivity contribution < 1.29 is 4.79 Å². The molecule has 1 aromatic heterocycles. The Morgan fingerprint density at radius 3 is 2.55 bits per heavy atom. The van der Waals surface area contributed by atoms with Crippen molar-refractivity contribution in [3.8, 4) is 11.3 Å². The summed E-state index contributed by atoms with van der Waals surface area (Å²) >= 11 is 0. The second kappa shape index (κ2) is 7.76. The van der Waals surface area contributed by atoms with E-state index in [9.17, 15) is 4.79 Å². The molecule has 0 bridgehead atoms. The fourth-order valence-corrected chi connectivity index (χ4v) is 3.33. The average molecular weight is 381 g/mol. The molecule has 1 N–H and O–H groups in total. The smallest absolute Gasteiger partial charge is 0.255 e. The van der Waals surface area contributed by atoms with Crippen LogP contribution in [0, 0.1) is 6.92 Å². The van der Waals surface area contributed by atoms with Gasteiger partial charge in [0, 0.05) is 36.3 Å². The maximum atomic E-state index is 12.9. The zero-order valence-corrected chi connectivity index (χ0v) is 16.8. The van der Waals surface area contributed by atoms with Gasteiger partial charge in [0.05, 0.1) is 16.9 Å². The highest BCUT2D eigenvalue weighted by molar-refractivity contribution is 6.06. The molecule has 3 aromatic carbocycles. The molecule has 0 aliphatic heterocycles. The Kier molecular flexibility index (Phi) is 5.00. The fraction of sp³-hybridized carbons (Fsp3) is 0.120. The minimum Gasteiger partial charge on any atom is -0.378 e. The van der Waals surface area contributed by atoms with Gasteiger partial charge in [-0.2, -0.15) is 0 Å². The summed E-state index contributed by atoms with van der Waals surface area (Å²) in [5.74, 6) is -0.141. The lowest BCUT2D eigenvalue weighted by atomic mass is 10.1. The number of rotatable bonds is 4. The lowest BCUT2D eigenvalue weighted by Crippen LogP contribution is -2.14. The molecule has 0 aliphatic carbocycles. The quantitative estimate of drug-likeness (QED) is 0.506. The highest BCUT2D eigenvalue weighted by atomic mass is 16.1. The van der Waals surface area contributed by atoms with Crippen LogP contribution in [0.1, 0.15) is 15.9 Å². The largest absolute Gasteiger partial charge is 0.378 e. The maximum absolute atomic E-state index is 12.9. The van der Waals surface area contributed by atoms with Crippen molar-refractivity contribution in [1.29, 1.82) is 0 Å². The molecule has 1 heterocycles. The number of nitrogens with zero attached hydrogens (tertiary/aromatic N) is 2. The highest BCUT2D eigenvalue weighted by Gasteiger charge is 2.12. The minimum atomic E-state index is -0.141. The van der Waals surface area contributed by atoms with Crippen LogP contribution in [0.4, 0.5) is 11.4 Å². The average Bonchev–Trinajstić information content (AvgIpc) is 2.74. The molecule has 0 aliphatic rings. The number of amides is 1. The van der Waals surface area contributed by atoms with Crippen molar-refractivity contribution in [3.05, 3.63) is 90.0 Å². The van der Waals surface area contributed by atoms with E-state index in [1.54, 1.807) is 0 Å². The van der Waals surface area contributed by atoms with E-state index < -0.39 is 0 Å². The molecule has 144 valence electrons. The van der Waals surface area contributed by atoms with Crippen molar-refractivity contribution in [3.63, 3.8) is 0 Å². The van der Waals surface area contributed by atoms with E-state index in [0.717, 1.165) is 33.5 Å². The van der Waals surface area contributed by atoms with Gasteiger partial charge in [-0.05, 0) is 49.4 Å². The Hall–Kier alpha value is -3.66. The molecule has 0 radical (unpaired) electrons. The molecule has 0 spiro atoms. The third-order valence-corrected chi connectivity index (χ3v) is 4.92. The van der Waals surface area contributed by atoms with Gasteiger partial charge < -0.3 is 10.2 Å². The number of hydrogen-bond donors (Lipinski definition) is 1. The predicted molar refractivity (Wildman–Crippen MR) is 121 cm³/mol. The second-order valence-corrected chi connectivity index (χ2v) is 7.34.